The minimum atomic E-state index is -0.659. The third kappa shape index (κ3) is 5.26. The average molecular weight is 386 g/mol. The highest BCUT2D eigenvalue weighted by atomic mass is 16.5. The molecule has 0 aliphatic rings. The number of esters is 1. The molecule has 2 aromatic carbocycles. The number of hydrogen-bond acceptors (Lipinski definition) is 7. The predicted molar refractivity (Wildman–Crippen MR) is 103 cm³/mol. The molecule has 148 valence electrons. The summed E-state index contributed by atoms with van der Waals surface area (Å²) in [6, 6.07) is 10.0. The van der Waals surface area contributed by atoms with Gasteiger partial charge in [-0.05, 0) is 36.4 Å². The molecule has 7 heteroatoms. The van der Waals surface area contributed by atoms with Crippen LogP contribution in [0.15, 0.2) is 42.5 Å². The van der Waals surface area contributed by atoms with Crippen molar-refractivity contribution in [3.63, 3.8) is 0 Å². The van der Waals surface area contributed by atoms with Crippen molar-refractivity contribution in [2.45, 2.75) is 0 Å². The first-order valence-electron chi connectivity index (χ1n) is 8.34. The largest absolute Gasteiger partial charge is 0.497 e. The van der Waals surface area contributed by atoms with Gasteiger partial charge in [0.05, 0.1) is 34.0 Å². The molecule has 0 unspecified atom stereocenters. The number of carbonyl (C=O) groups is 2. The Kier molecular flexibility index (Phi) is 7.45. The van der Waals surface area contributed by atoms with Crippen molar-refractivity contribution in [2.24, 2.45) is 0 Å². The number of carbonyl (C=O) groups excluding carboxylic acids is 2. The Morgan fingerprint density at radius 3 is 2.11 bits per heavy atom. The van der Waals surface area contributed by atoms with Crippen LogP contribution >= 0.6 is 0 Å². The van der Waals surface area contributed by atoms with E-state index in [4.69, 9.17) is 23.7 Å². The summed E-state index contributed by atoms with van der Waals surface area (Å²) < 4.78 is 25.7. The lowest BCUT2D eigenvalue weighted by molar-refractivity contribution is -0.136. The number of benzene rings is 2. The summed E-state index contributed by atoms with van der Waals surface area (Å²) in [5, 5.41) is 0. The summed E-state index contributed by atoms with van der Waals surface area (Å²) in [6.07, 6.45) is 2.76. The first-order valence-corrected chi connectivity index (χ1v) is 8.34. The number of methoxy groups -OCH3 is 4. The average Bonchev–Trinajstić information content (AvgIpc) is 2.75. The molecule has 0 N–H and O–H groups in total. The molecule has 0 spiro atoms. The van der Waals surface area contributed by atoms with Gasteiger partial charge in [0.1, 0.15) is 23.0 Å². The van der Waals surface area contributed by atoms with Crippen LogP contribution < -0.4 is 18.9 Å². The predicted octanol–water partition coefficient (Wildman–Crippen LogP) is 3.16. The third-order valence-electron chi connectivity index (χ3n) is 3.89. The molecule has 0 saturated heterocycles. The van der Waals surface area contributed by atoms with Crippen LogP contribution in [-0.4, -0.2) is 46.8 Å². The lowest BCUT2D eigenvalue weighted by Crippen LogP contribution is -2.13. The van der Waals surface area contributed by atoms with Gasteiger partial charge in [-0.2, -0.15) is 0 Å². The van der Waals surface area contributed by atoms with E-state index in [2.05, 4.69) is 0 Å². The Labute approximate surface area is 163 Å². The Morgan fingerprint density at radius 1 is 0.821 bits per heavy atom. The van der Waals surface area contributed by atoms with Crippen LogP contribution in [0.25, 0.3) is 6.08 Å². The molecule has 28 heavy (non-hydrogen) atoms. The van der Waals surface area contributed by atoms with Crippen LogP contribution in [0.5, 0.6) is 23.0 Å². The monoisotopic (exact) mass is 386 g/mol. The SMILES string of the molecule is COc1ccc(/C=C/C(=O)OCC(=O)c2cc(OC)ccc2OC)c(OC)c1. The topological polar surface area (TPSA) is 80.3 Å². The van der Waals surface area contributed by atoms with Crippen molar-refractivity contribution in [3.05, 3.63) is 53.6 Å². The van der Waals surface area contributed by atoms with Gasteiger partial charge in [-0.3, -0.25) is 4.79 Å². The maximum absolute atomic E-state index is 12.4. The second-order valence-electron chi connectivity index (χ2n) is 5.54. The van der Waals surface area contributed by atoms with E-state index in [-0.39, 0.29) is 5.56 Å². The van der Waals surface area contributed by atoms with Gasteiger partial charge in [-0.15, -0.1) is 0 Å². The van der Waals surface area contributed by atoms with Crippen LogP contribution in [0.3, 0.4) is 0 Å². The maximum Gasteiger partial charge on any atom is 0.331 e. The van der Waals surface area contributed by atoms with Crippen molar-refractivity contribution in [1.82, 2.24) is 0 Å². The number of rotatable bonds is 9. The second kappa shape index (κ2) is 10.0. The highest BCUT2D eigenvalue weighted by molar-refractivity contribution is 6.01. The van der Waals surface area contributed by atoms with E-state index in [1.54, 1.807) is 37.4 Å². The summed E-state index contributed by atoms with van der Waals surface area (Å²) in [6.45, 7) is -0.424. The molecule has 0 aliphatic carbocycles. The summed E-state index contributed by atoms with van der Waals surface area (Å²) in [5.74, 6) is 0.991. The molecule has 0 saturated carbocycles. The van der Waals surface area contributed by atoms with Crippen molar-refractivity contribution >= 4 is 17.8 Å². The minimum Gasteiger partial charge on any atom is -0.497 e. The van der Waals surface area contributed by atoms with Crippen LogP contribution in [0.2, 0.25) is 0 Å². The van der Waals surface area contributed by atoms with E-state index < -0.39 is 18.4 Å². The summed E-state index contributed by atoms with van der Waals surface area (Å²) in [5.41, 5.74) is 0.941. The zero-order valence-electron chi connectivity index (χ0n) is 16.2. The van der Waals surface area contributed by atoms with Crippen LogP contribution in [-0.2, 0) is 9.53 Å². The summed E-state index contributed by atoms with van der Waals surface area (Å²) in [4.78, 5) is 24.3. The smallest absolute Gasteiger partial charge is 0.331 e. The first kappa shape index (κ1) is 20.8. The van der Waals surface area contributed by atoms with Gasteiger partial charge in [0, 0.05) is 17.7 Å². The Morgan fingerprint density at radius 2 is 1.46 bits per heavy atom. The van der Waals surface area contributed by atoms with Gasteiger partial charge >= 0.3 is 5.97 Å². The van der Waals surface area contributed by atoms with E-state index >= 15 is 0 Å². The molecule has 2 aromatic rings. The van der Waals surface area contributed by atoms with E-state index in [0.717, 1.165) is 0 Å². The third-order valence-corrected chi connectivity index (χ3v) is 3.89. The highest BCUT2D eigenvalue weighted by Crippen LogP contribution is 2.26. The lowest BCUT2D eigenvalue weighted by Gasteiger charge is -2.09. The fourth-order valence-electron chi connectivity index (χ4n) is 2.41. The maximum atomic E-state index is 12.4. The van der Waals surface area contributed by atoms with Gasteiger partial charge in [0.2, 0.25) is 5.78 Å². The molecule has 0 aromatic heterocycles. The van der Waals surface area contributed by atoms with Crippen molar-refractivity contribution in [2.75, 3.05) is 35.0 Å². The van der Waals surface area contributed by atoms with Crippen LogP contribution in [0.4, 0.5) is 0 Å². The molecule has 0 fully saturated rings. The van der Waals surface area contributed by atoms with Gasteiger partial charge < -0.3 is 23.7 Å². The fourth-order valence-corrected chi connectivity index (χ4v) is 2.41. The van der Waals surface area contributed by atoms with Crippen molar-refractivity contribution in [3.8, 4) is 23.0 Å². The highest BCUT2D eigenvalue weighted by Gasteiger charge is 2.15. The number of ketones is 1. The first-order chi connectivity index (χ1) is 13.5. The van der Waals surface area contributed by atoms with E-state index in [9.17, 15) is 9.59 Å². The molecular formula is C21H22O7. The zero-order valence-corrected chi connectivity index (χ0v) is 16.2. The quantitative estimate of drug-likeness (QED) is 0.372. The molecule has 0 atom stereocenters. The number of Topliss-reactive ketones (excluding diaryl/α,β-unsaturated/α-hetero) is 1. The summed E-state index contributed by atoms with van der Waals surface area (Å²) >= 11 is 0. The Hall–Kier alpha value is -3.48. The zero-order chi connectivity index (χ0) is 20.5. The number of ether oxygens (including phenoxy) is 5. The summed E-state index contributed by atoms with van der Waals surface area (Å²) in [7, 11) is 6.02. The molecule has 0 radical (unpaired) electrons. The standard InChI is InChI=1S/C21H22O7/c1-24-15-8-9-19(26-3)17(11-15)18(22)13-28-21(23)10-6-14-5-7-16(25-2)12-20(14)27-4/h5-12H,13H2,1-4H3/b10-6+. The van der Waals surface area contributed by atoms with Crippen molar-refractivity contribution < 1.29 is 33.3 Å². The fraction of sp³-hybridized carbons (Fsp3) is 0.238. The van der Waals surface area contributed by atoms with Gasteiger partial charge in [0.15, 0.2) is 6.61 Å². The van der Waals surface area contributed by atoms with E-state index in [1.165, 1.54) is 39.5 Å². The van der Waals surface area contributed by atoms with Crippen LogP contribution in [0.1, 0.15) is 15.9 Å². The molecule has 0 heterocycles. The molecule has 0 amide bonds. The molecule has 2 rings (SSSR count). The second-order valence-corrected chi connectivity index (χ2v) is 5.54. The lowest BCUT2D eigenvalue weighted by atomic mass is 10.1. The van der Waals surface area contributed by atoms with Crippen molar-refractivity contribution in [1.29, 1.82) is 0 Å². The van der Waals surface area contributed by atoms with Gasteiger partial charge in [0.25, 0.3) is 0 Å². The molecule has 0 bridgehead atoms. The number of hydrogen-bond donors (Lipinski definition) is 0. The Balaban J connectivity index is 2.03. The Bertz CT molecular complexity index is 871. The van der Waals surface area contributed by atoms with E-state index in [0.29, 0.717) is 28.6 Å². The van der Waals surface area contributed by atoms with Crippen LogP contribution in [0, 0.1) is 0 Å². The van der Waals surface area contributed by atoms with E-state index in [1.807, 2.05) is 0 Å². The van der Waals surface area contributed by atoms with Gasteiger partial charge in [-0.25, -0.2) is 4.79 Å². The normalized spacial score (nSPS) is 10.4. The minimum absolute atomic E-state index is 0.274. The molecule has 0 aliphatic heterocycles. The van der Waals surface area contributed by atoms with Gasteiger partial charge in [-0.1, -0.05) is 0 Å². The molecule has 7 nitrogen and oxygen atoms in total. The molecular weight excluding hydrogens is 364 g/mol.